The number of anilines is 1. The van der Waals surface area contributed by atoms with Gasteiger partial charge in [0, 0.05) is 32.4 Å². The van der Waals surface area contributed by atoms with Crippen molar-refractivity contribution in [3.05, 3.63) is 41.5 Å². The van der Waals surface area contributed by atoms with E-state index in [-0.39, 0.29) is 36.1 Å². The van der Waals surface area contributed by atoms with Gasteiger partial charge in [-0.2, -0.15) is 18.3 Å². The zero-order valence-electron chi connectivity index (χ0n) is 17.4. The van der Waals surface area contributed by atoms with Crippen LogP contribution in [0.4, 0.5) is 18.9 Å². The maximum Gasteiger partial charge on any atom is 0.416 e. The number of benzene rings is 1. The Morgan fingerprint density at radius 2 is 1.97 bits per heavy atom. The molecule has 1 aromatic carbocycles. The Labute approximate surface area is 196 Å². The summed E-state index contributed by atoms with van der Waals surface area (Å²) in [5.74, 6) is 1.09. The molecule has 0 aliphatic carbocycles. The molecule has 172 valence electrons. The number of rotatable bonds is 6. The average Bonchev–Trinajstić information content (AvgIpc) is 3.14. The van der Waals surface area contributed by atoms with Crippen molar-refractivity contribution >= 4 is 35.6 Å². The zero-order valence-corrected chi connectivity index (χ0v) is 19.8. The minimum atomic E-state index is -4.46. The SMILES string of the molecule is CCNC(=NCc1ccc(N2CCOCC2)cc1C(F)(F)F)NCc1ncnn1C.I. The predicted octanol–water partition coefficient (Wildman–Crippen LogP) is 2.54. The minimum absolute atomic E-state index is 0. The summed E-state index contributed by atoms with van der Waals surface area (Å²) in [5, 5.41) is 10.1. The van der Waals surface area contributed by atoms with Crippen LogP contribution in [-0.4, -0.2) is 53.6 Å². The van der Waals surface area contributed by atoms with Gasteiger partial charge in [0.25, 0.3) is 0 Å². The maximum atomic E-state index is 13.7. The number of aromatic nitrogens is 3. The second-order valence-electron chi connectivity index (χ2n) is 6.79. The van der Waals surface area contributed by atoms with Gasteiger partial charge < -0.3 is 20.3 Å². The molecule has 0 radical (unpaired) electrons. The predicted molar refractivity (Wildman–Crippen MR) is 123 cm³/mol. The molecule has 1 aromatic heterocycles. The van der Waals surface area contributed by atoms with Gasteiger partial charge in [-0.1, -0.05) is 6.07 Å². The lowest BCUT2D eigenvalue weighted by atomic mass is 10.1. The third-order valence-electron chi connectivity index (χ3n) is 4.75. The summed E-state index contributed by atoms with van der Waals surface area (Å²) in [6, 6.07) is 4.42. The molecule has 2 aromatic rings. The Hall–Kier alpha value is -2.09. The summed E-state index contributed by atoms with van der Waals surface area (Å²) in [6.45, 7) is 4.88. The molecule has 31 heavy (non-hydrogen) atoms. The molecule has 12 heteroatoms. The maximum absolute atomic E-state index is 13.7. The largest absolute Gasteiger partial charge is 0.416 e. The summed E-state index contributed by atoms with van der Waals surface area (Å²) in [4.78, 5) is 10.3. The molecule has 0 bridgehead atoms. The Kier molecular flexibility index (Phi) is 9.34. The fraction of sp³-hybridized carbons (Fsp3) is 0.526. The van der Waals surface area contributed by atoms with Gasteiger partial charge in [-0.15, -0.1) is 24.0 Å². The average molecular weight is 553 g/mol. The molecule has 1 fully saturated rings. The molecule has 1 saturated heterocycles. The summed E-state index contributed by atoms with van der Waals surface area (Å²) < 4.78 is 48.0. The van der Waals surface area contributed by atoms with Gasteiger partial charge >= 0.3 is 6.18 Å². The molecule has 2 N–H and O–H groups in total. The van der Waals surface area contributed by atoms with Crippen LogP contribution < -0.4 is 15.5 Å². The Bertz CT molecular complexity index is 866. The van der Waals surface area contributed by atoms with Crippen molar-refractivity contribution in [3.8, 4) is 0 Å². The Morgan fingerprint density at radius 3 is 2.58 bits per heavy atom. The standard InChI is InChI=1S/C19H26F3N7O.HI/c1-3-23-18(25-12-17-26-13-27-28(17)2)24-11-14-4-5-15(10-16(14)19(20,21)22)29-6-8-30-9-7-29;/h4-5,10,13H,3,6-9,11-12H2,1-2H3,(H2,23,24,25);1H. The number of morpholine rings is 1. The molecule has 0 saturated carbocycles. The molecule has 0 spiro atoms. The molecule has 2 heterocycles. The van der Waals surface area contributed by atoms with E-state index in [1.165, 1.54) is 18.5 Å². The number of hydrogen-bond acceptors (Lipinski definition) is 5. The highest BCUT2D eigenvalue weighted by molar-refractivity contribution is 14.0. The molecule has 3 rings (SSSR count). The van der Waals surface area contributed by atoms with Gasteiger partial charge in [0.1, 0.15) is 12.2 Å². The van der Waals surface area contributed by atoms with Gasteiger partial charge in [-0.3, -0.25) is 4.68 Å². The van der Waals surface area contributed by atoms with E-state index in [1.807, 2.05) is 11.8 Å². The van der Waals surface area contributed by atoms with Gasteiger partial charge in [-0.05, 0) is 24.6 Å². The minimum Gasteiger partial charge on any atom is -0.378 e. The topological polar surface area (TPSA) is 79.6 Å². The van der Waals surface area contributed by atoms with E-state index in [1.54, 1.807) is 17.8 Å². The number of hydrogen-bond donors (Lipinski definition) is 2. The van der Waals surface area contributed by atoms with E-state index in [2.05, 4.69) is 25.7 Å². The van der Waals surface area contributed by atoms with Crippen molar-refractivity contribution in [1.29, 1.82) is 0 Å². The molecule has 0 atom stereocenters. The van der Waals surface area contributed by atoms with Crippen molar-refractivity contribution < 1.29 is 17.9 Å². The summed E-state index contributed by atoms with van der Waals surface area (Å²) in [5.41, 5.74) is 0.000399. The summed E-state index contributed by atoms with van der Waals surface area (Å²) in [7, 11) is 1.76. The van der Waals surface area contributed by atoms with Crippen molar-refractivity contribution in [2.45, 2.75) is 26.2 Å². The molecule has 0 amide bonds. The highest BCUT2D eigenvalue weighted by Crippen LogP contribution is 2.35. The van der Waals surface area contributed by atoms with Crippen molar-refractivity contribution in [2.24, 2.45) is 12.0 Å². The van der Waals surface area contributed by atoms with E-state index in [0.717, 1.165) is 0 Å². The summed E-state index contributed by atoms with van der Waals surface area (Å²) >= 11 is 0. The lowest BCUT2D eigenvalue weighted by Crippen LogP contribution is -2.37. The highest BCUT2D eigenvalue weighted by Gasteiger charge is 2.34. The van der Waals surface area contributed by atoms with Crippen molar-refractivity contribution in [3.63, 3.8) is 0 Å². The van der Waals surface area contributed by atoms with Crippen LogP contribution in [0.2, 0.25) is 0 Å². The van der Waals surface area contributed by atoms with E-state index in [0.29, 0.717) is 56.9 Å². The summed E-state index contributed by atoms with van der Waals surface area (Å²) in [6.07, 6.45) is -3.02. The van der Waals surface area contributed by atoms with Crippen LogP contribution >= 0.6 is 24.0 Å². The fourth-order valence-electron chi connectivity index (χ4n) is 3.13. The normalized spacial score (nSPS) is 14.9. The Morgan fingerprint density at radius 1 is 1.23 bits per heavy atom. The first kappa shape index (κ1) is 25.2. The van der Waals surface area contributed by atoms with Gasteiger partial charge in [-0.25, -0.2) is 9.98 Å². The number of nitrogens with zero attached hydrogens (tertiary/aromatic N) is 5. The number of ether oxygens (including phenoxy) is 1. The highest BCUT2D eigenvalue weighted by atomic mass is 127. The first-order valence-electron chi connectivity index (χ1n) is 9.76. The van der Waals surface area contributed by atoms with Crippen LogP contribution in [0.15, 0.2) is 29.5 Å². The molecular formula is C19H27F3IN7O. The second kappa shape index (κ2) is 11.5. The van der Waals surface area contributed by atoms with Crippen LogP contribution in [-0.2, 0) is 31.1 Å². The van der Waals surface area contributed by atoms with Crippen molar-refractivity contribution in [1.82, 2.24) is 25.4 Å². The lowest BCUT2D eigenvalue weighted by Gasteiger charge is -2.29. The molecule has 1 aliphatic rings. The smallest absolute Gasteiger partial charge is 0.378 e. The van der Waals surface area contributed by atoms with E-state index in [9.17, 15) is 13.2 Å². The number of aliphatic imine (C=N–C) groups is 1. The molecule has 0 unspecified atom stereocenters. The van der Waals surface area contributed by atoms with E-state index in [4.69, 9.17) is 4.74 Å². The third-order valence-corrected chi connectivity index (χ3v) is 4.75. The number of alkyl halides is 3. The zero-order chi connectivity index (χ0) is 21.6. The number of guanidine groups is 1. The number of halogens is 4. The van der Waals surface area contributed by atoms with Gasteiger partial charge in [0.15, 0.2) is 5.96 Å². The first-order valence-corrected chi connectivity index (χ1v) is 9.76. The van der Waals surface area contributed by atoms with Crippen LogP contribution in [0.5, 0.6) is 0 Å². The second-order valence-corrected chi connectivity index (χ2v) is 6.79. The van der Waals surface area contributed by atoms with E-state index < -0.39 is 11.7 Å². The monoisotopic (exact) mass is 553 g/mol. The molecule has 1 aliphatic heterocycles. The van der Waals surface area contributed by atoms with Crippen LogP contribution in [0.1, 0.15) is 23.9 Å². The van der Waals surface area contributed by atoms with Crippen molar-refractivity contribution in [2.75, 3.05) is 37.7 Å². The van der Waals surface area contributed by atoms with Crippen LogP contribution in [0.3, 0.4) is 0 Å². The van der Waals surface area contributed by atoms with Crippen LogP contribution in [0, 0.1) is 0 Å². The van der Waals surface area contributed by atoms with Gasteiger partial charge in [0.2, 0.25) is 0 Å². The molecular weight excluding hydrogens is 526 g/mol. The van der Waals surface area contributed by atoms with E-state index >= 15 is 0 Å². The lowest BCUT2D eigenvalue weighted by molar-refractivity contribution is -0.138. The Balaban J connectivity index is 0.00000341. The first-order chi connectivity index (χ1) is 14.4. The third kappa shape index (κ3) is 6.95. The number of aryl methyl sites for hydroxylation is 1. The molecule has 8 nitrogen and oxygen atoms in total. The number of nitrogens with one attached hydrogen (secondary N) is 2. The quantitative estimate of drug-likeness (QED) is 0.326. The van der Waals surface area contributed by atoms with Crippen LogP contribution in [0.25, 0.3) is 0 Å². The van der Waals surface area contributed by atoms with Gasteiger partial charge in [0.05, 0.1) is 31.9 Å². The fourth-order valence-corrected chi connectivity index (χ4v) is 3.13.